The molecule has 23 heavy (non-hydrogen) atoms. The SMILES string of the molecule is COc1cc(OC)cc(N2CCC(Nc3cncc(Cl)n3)C2)c1. The van der Waals surface area contributed by atoms with Crippen molar-refractivity contribution in [1.82, 2.24) is 9.97 Å². The van der Waals surface area contributed by atoms with Gasteiger partial charge in [-0.15, -0.1) is 0 Å². The standard InChI is InChI=1S/C16H19ClN4O2/c1-22-13-5-12(6-14(7-13)23-2)21-4-3-11(10-21)19-16-9-18-8-15(17)20-16/h5-9,11H,3-4,10H2,1-2H3,(H,19,20). The van der Waals surface area contributed by atoms with Crippen LogP contribution in [0, 0.1) is 0 Å². The maximum absolute atomic E-state index is 5.87. The van der Waals surface area contributed by atoms with Crippen LogP contribution in [0.25, 0.3) is 0 Å². The maximum atomic E-state index is 5.87. The second kappa shape index (κ2) is 6.91. The first-order valence-electron chi connectivity index (χ1n) is 7.40. The van der Waals surface area contributed by atoms with Crippen molar-refractivity contribution in [3.63, 3.8) is 0 Å². The van der Waals surface area contributed by atoms with Gasteiger partial charge in [0.1, 0.15) is 22.5 Å². The Balaban J connectivity index is 1.70. The predicted octanol–water partition coefficient (Wildman–Crippen LogP) is 2.84. The molecule has 6 nitrogen and oxygen atoms in total. The van der Waals surface area contributed by atoms with Gasteiger partial charge in [-0.25, -0.2) is 4.98 Å². The van der Waals surface area contributed by atoms with Crippen LogP contribution in [-0.4, -0.2) is 43.3 Å². The van der Waals surface area contributed by atoms with Crippen molar-refractivity contribution in [2.45, 2.75) is 12.5 Å². The normalized spacial score (nSPS) is 17.2. The molecular formula is C16H19ClN4O2. The molecule has 1 saturated heterocycles. The Bertz CT molecular complexity index is 661. The number of rotatable bonds is 5. The summed E-state index contributed by atoms with van der Waals surface area (Å²) in [5, 5.41) is 3.77. The van der Waals surface area contributed by atoms with Crippen molar-refractivity contribution < 1.29 is 9.47 Å². The zero-order valence-corrected chi connectivity index (χ0v) is 13.9. The molecule has 122 valence electrons. The van der Waals surface area contributed by atoms with E-state index >= 15 is 0 Å². The number of halogens is 1. The number of ether oxygens (including phenoxy) is 2. The molecule has 1 unspecified atom stereocenters. The van der Waals surface area contributed by atoms with Crippen LogP contribution in [0.3, 0.4) is 0 Å². The van der Waals surface area contributed by atoms with Crippen molar-refractivity contribution in [3.8, 4) is 11.5 Å². The van der Waals surface area contributed by atoms with Gasteiger partial charge in [-0.2, -0.15) is 0 Å². The van der Waals surface area contributed by atoms with Crippen LogP contribution in [0.4, 0.5) is 11.5 Å². The molecule has 1 aliphatic rings. The molecule has 2 heterocycles. The highest BCUT2D eigenvalue weighted by Crippen LogP contribution is 2.30. The van der Waals surface area contributed by atoms with E-state index in [-0.39, 0.29) is 0 Å². The van der Waals surface area contributed by atoms with Crippen molar-refractivity contribution >= 4 is 23.1 Å². The number of anilines is 2. The van der Waals surface area contributed by atoms with E-state index in [0.717, 1.165) is 36.7 Å². The zero-order valence-electron chi connectivity index (χ0n) is 13.1. The molecule has 0 aliphatic carbocycles. The number of aromatic nitrogens is 2. The number of benzene rings is 1. The minimum absolute atomic E-state index is 0.292. The molecule has 2 aromatic rings. The van der Waals surface area contributed by atoms with Crippen LogP contribution in [-0.2, 0) is 0 Å². The number of methoxy groups -OCH3 is 2. The van der Waals surface area contributed by atoms with Crippen molar-refractivity contribution in [2.75, 3.05) is 37.5 Å². The fourth-order valence-corrected chi connectivity index (χ4v) is 2.86. The Kier molecular flexibility index (Phi) is 4.71. The number of hydrogen-bond acceptors (Lipinski definition) is 6. The summed E-state index contributed by atoms with van der Waals surface area (Å²) in [6.07, 6.45) is 4.22. The highest BCUT2D eigenvalue weighted by atomic mass is 35.5. The second-order valence-electron chi connectivity index (χ2n) is 5.37. The van der Waals surface area contributed by atoms with Gasteiger partial charge in [0.05, 0.1) is 26.6 Å². The Labute approximate surface area is 140 Å². The summed E-state index contributed by atoms with van der Waals surface area (Å²) in [5.74, 6) is 2.28. The lowest BCUT2D eigenvalue weighted by atomic mass is 10.2. The minimum atomic E-state index is 0.292. The Hall–Kier alpha value is -2.21. The minimum Gasteiger partial charge on any atom is -0.497 e. The van der Waals surface area contributed by atoms with Gasteiger partial charge in [0.15, 0.2) is 0 Å². The highest BCUT2D eigenvalue weighted by molar-refractivity contribution is 6.29. The molecule has 0 amide bonds. The van der Waals surface area contributed by atoms with Crippen LogP contribution in [0.5, 0.6) is 11.5 Å². The molecule has 1 fully saturated rings. The van der Waals surface area contributed by atoms with Gasteiger partial charge in [0, 0.05) is 43.0 Å². The van der Waals surface area contributed by atoms with Gasteiger partial charge in [-0.1, -0.05) is 11.6 Å². The Morgan fingerprint density at radius 2 is 1.91 bits per heavy atom. The molecule has 1 N–H and O–H groups in total. The molecule has 0 radical (unpaired) electrons. The van der Waals surface area contributed by atoms with Gasteiger partial charge < -0.3 is 19.7 Å². The summed E-state index contributed by atoms with van der Waals surface area (Å²) in [4.78, 5) is 10.6. The number of hydrogen-bond donors (Lipinski definition) is 1. The summed E-state index contributed by atoms with van der Waals surface area (Å²) in [6.45, 7) is 1.81. The Morgan fingerprint density at radius 3 is 2.57 bits per heavy atom. The average molecular weight is 335 g/mol. The smallest absolute Gasteiger partial charge is 0.149 e. The number of nitrogens with one attached hydrogen (secondary N) is 1. The van der Waals surface area contributed by atoms with E-state index in [1.165, 1.54) is 6.20 Å². The molecule has 1 aromatic heterocycles. The highest BCUT2D eigenvalue weighted by Gasteiger charge is 2.23. The molecule has 7 heteroatoms. The van der Waals surface area contributed by atoms with Gasteiger partial charge in [0.25, 0.3) is 0 Å². The van der Waals surface area contributed by atoms with E-state index in [2.05, 4.69) is 20.2 Å². The molecule has 0 saturated carbocycles. The lowest BCUT2D eigenvalue weighted by Gasteiger charge is -2.20. The summed E-state index contributed by atoms with van der Waals surface area (Å²) in [6, 6.07) is 6.20. The molecule has 3 rings (SSSR count). The monoisotopic (exact) mass is 334 g/mol. The van der Waals surface area contributed by atoms with E-state index in [1.807, 2.05) is 18.2 Å². The van der Waals surface area contributed by atoms with Gasteiger partial charge in [-0.3, -0.25) is 4.98 Å². The van der Waals surface area contributed by atoms with Gasteiger partial charge in [0.2, 0.25) is 0 Å². The first-order valence-corrected chi connectivity index (χ1v) is 7.78. The van der Waals surface area contributed by atoms with E-state index in [4.69, 9.17) is 21.1 Å². The summed E-state index contributed by atoms with van der Waals surface area (Å²) in [7, 11) is 3.31. The van der Waals surface area contributed by atoms with E-state index in [1.54, 1.807) is 20.4 Å². The summed E-state index contributed by atoms with van der Waals surface area (Å²) < 4.78 is 10.7. The number of nitrogens with zero attached hydrogens (tertiary/aromatic N) is 3. The Morgan fingerprint density at radius 1 is 1.17 bits per heavy atom. The molecule has 1 aliphatic heterocycles. The lowest BCUT2D eigenvalue weighted by Crippen LogP contribution is -2.26. The van der Waals surface area contributed by atoms with Crippen LogP contribution in [0.2, 0.25) is 5.15 Å². The third kappa shape index (κ3) is 3.76. The first kappa shape index (κ1) is 15.7. The second-order valence-corrected chi connectivity index (χ2v) is 5.76. The summed E-state index contributed by atoms with van der Waals surface area (Å²) in [5.41, 5.74) is 1.09. The molecule has 0 spiro atoms. The largest absolute Gasteiger partial charge is 0.497 e. The lowest BCUT2D eigenvalue weighted by molar-refractivity contribution is 0.394. The maximum Gasteiger partial charge on any atom is 0.149 e. The van der Waals surface area contributed by atoms with E-state index in [0.29, 0.717) is 17.0 Å². The molecule has 1 aromatic carbocycles. The van der Waals surface area contributed by atoms with Crippen molar-refractivity contribution in [3.05, 3.63) is 35.7 Å². The average Bonchev–Trinajstić information content (AvgIpc) is 3.03. The zero-order chi connectivity index (χ0) is 16.2. The summed E-state index contributed by atoms with van der Waals surface area (Å²) >= 11 is 5.87. The first-order chi connectivity index (χ1) is 11.2. The quantitative estimate of drug-likeness (QED) is 0.907. The van der Waals surface area contributed by atoms with Gasteiger partial charge in [-0.05, 0) is 6.42 Å². The van der Waals surface area contributed by atoms with Crippen LogP contribution in [0.1, 0.15) is 6.42 Å². The molecule has 1 atom stereocenters. The third-order valence-corrected chi connectivity index (χ3v) is 4.03. The van der Waals surface area contributed by atoms with Crippen LogP contribution in [0.15, 0.2) is 30.6 Å². The van der Waals surface area contributed by atoms with Crippen LogP contribution >= 0.6 is 11.6 Å². The third-order valence-electron chi connectivity index (χ3n) is 3.85. The van der Waals surface area contributed by atoms with E-state index in [9.17, 15) is 0 Å². The van der Waals surface area contributed by atoms with Crippen molar-refractivity contribution in [2.24, 2.45) is 0 Å². The molecule has 0 bridgehead atoms. The van der Waals surface area contributed by atoms with Gasteiger partial charge >= 0.3 is 0 Å². The van der Waals surface area contributed by atoms with E-state index < -0.39 is 0 Å². The predicted molar refractivity (Wildman–Crippen MR) is 90.8 cm³/mol. The van der Waals surface area contributed by atoms with Crippen molar-refractivity contribution in [1.29, 1.82) is 0 Å². The fraction of sp³-hybridized carbons (Fsp3) is 0.375. The fourth-order valence-electron chi connectivity index (χ4n) is 2.71. The topological polar surface area (TPSA) is 59.5 Å². The molecular weight excluding hydrogens is 316 g/mol. The van der Waals surface area contributed by atoms with Crippen LogP contribution < -0.4 is 19.7 Å².